The van der Waals surface area contributed by atoms with E-state index in [0.29, 0.717) is 23.4 Å². The zero-order chi connectivity index (χ0) is 14.8. The number of benzene rings is 1. The van der Waals surface area contributed by atoms with Gasteiger partial charge in [0.1, 0.15) is 0 Å². The number of nitro benzene ring substituents is 1. The van der Waals surface area contributed by atoms with Crippen LogP contribution in [0.25, 0.3) is 0 Å². The van der Waals surface area contributed by atoms with Crippen LogP contribution in [0.5, 0.6) is 0 Å². The number of fused-ring (bicyclic) bond motifs is 4. The van der Waals surface area contributed by atoms with Crippen molar-refractivity contribution in [2.45, 2.75) is 50.4 Å². The zero-order valence-electron chi connectivity index (χ0n) is 12.8. The van der Waals surface area contributed by atoms with Crippen LogP contribution in [0, 0.1) is 22.0 Å². The Morgan fingerprint density at radius 3 is 2.41 bits per heavy atom. The summed E-state index contributed by atoms with van der Waals surface area (Å²) < 4.78 is 0. The smallest absolute Gasteiger partial charge is 0.274 e. The van der Waals surface area contributed by atoms with Crippen LogP contribution in [0.4, 0.5) is 11.4 Å². The molecule has 0 spiro atoms. The molecule has 4 nitrogen and oxygen atoms in total. The number of rotatable bonds is 1. The summed E-state index contributed by atoms with van der Waals surface area (Å²) in [5, 5.41) is 11.6. The monoisotopic (exact) mass is 298 g/mol. The molecule has 1 aromatic rings. The number of anilines is 1. The second-order valence-electron chi connectivity index (χ2n) is 7.69. The van der Waals surface area contributed by atoms with Crippen LogP contribution >= 0.6 is 0 Å². The maximum Gasteiger partial charge on any atom is 0.274 e. The molecule has 2 saturated carbocycles. The average molecular weight is 298 g/mol. The highest BCUT2D eigenvalue weighted by Crippen LogP contribution is 2.57. The highest BCUT2D eigenvalue weighted by atomic mass is 16.6. The van der Waals surface area contributed by atoms with Gasteiger partial charge in [0.15, 0.2) is 0 Å². The van der Waals surface area contributed by atoms with Crippen LogP contribution in [0.3, 0.4) is 0 Å². The summed E-state index contributed by atoms with van der Waals surface area (Å²) in [5.74, 6) is 2.51. The van der Waals surface area contributed by atoms with Crippen LogP contribution < -0.4 is 4.90 Å². The first-order valence-corrected chi connectivity index (χ1v) is 8.80. The van der Waals surface area contributed by atoms with Crippen molar-refractivity contribution in [3.63, 3.8) is 0 Å². The molecular weight excluding hydrogens is 276 g/mol. The lowest BCUT2D eigenvalue weighted by Crippen LogP contribution is -2.43. The van der Waals surface area contributed by atoms with Gasteiger partial charge in [0.25, 0.3) is 5.69 Å². The van der Waals surface area contributed by atoms with E-state index < -0.39 is 0 Å². The molecule has 4 atom stereocenters. The molecule has 0 aromatic heterocycles. The Balaban J connectivity index is 1.75. The van der Waals surface area contributed by atoms with Crippen LogP contribution in [-0.2, 0) is 0 Å². The fourth-order valence-electron chi connectivity index (χ4n) is 5.91. The number of nitrogens with zero attached hydrogens (tertiary/aromatic N) is 2. The maximum atomic E-state index is 11.6. The standard InChI is InChI=1S/C18H22N2O2/c21-20(22)16-8-7-15-13-5-1-3-11(13)9-19-10-12-4-2-6-14(12)17(16)18(15)19/h7-8,11-14H,1-6,9-10H2. The fourth-order valence-corrected chi connectivity index (χ4v) is 5.91. The quantitative estimate of drug-likeness (QED) is 0.576. The Bertz CT molecular complexity index is 655. The van der Waals surface area contributed by atoms with E-state index in [-0.39, 0.29) is 4.92 Å². The van der Waals surface area contributed by atoms with Crippen LogP contribution in [0.2, 0.25) is 0 Å². The molecule has 116 valence electrons. The van der Waals surface area contributed by atoms with Crippen molar-refractivity contribution in [2.24, 2.45) is 11.8 Å². The summed E-state index contributed by atoms with van der Waals surface area (Å²) in [6.07, 6.45) is 7.55. The van der Waals surface area contributed by atoms with Crippen molar-refractivity contribution < 1.29 is 4.92 Å². The second-order valence-corrected chi connectivity index (χ2v) is 7.69. The van der Waals surface area contributed by atoms with E-state index in [4.69, 9.17) is 0 Å². The normalized spacial score (nSPS) is 35.0. The summed E-state index contributed by atoms with van der Waals surface area (Å²) in [4.78, 5) is 14.0. The van der Waals surface area contributed by atoms with E-state index in [2.05, 4.69) is 11.0 Å². The van der Waals surface area contributed by atoms with E-state index in [1.165, 1.54) is 43.4 Å². The van der Waals surface area contributed by atoms with Gasteiger partial charge in [0.05, 0.1) is 16.2 Å². The van der Waals surface area contributed by atoms with Crippen molar-refractivity contribution in [3.8, 4) is 0 Å². The number of hydrogen-bond acceptors (Lipinski definition) is 3. The maximum absolute atomic E-state index is 11.6. The third kappa shape index (κ3) is 1.58. The predicted molar refractivity (Wildman–Crippen MR) is 85.5 cm³/mol. The SMILES string of the molecule is O=[N+]([O-])c1ccc2c3c1C1CCCC1CN3CC1CCCC21. The predicted octanol–water partition coefficient (Wildman–Crippen LogP) is 4.20. The lowest BCUT2D eigenvalue weighted by molar-refractivity contribution is -0.385. The van der Waals surface area contributed by atoms with Crippen molar-refractivity contribution >= 4 is 11.4 Å². The molecule has 2 fully saturated rings. The van der Waals surface area contributed by atoms with Gasteiger partial charge in [0.2, 0.25) is 0 Å². The molecule has 4 aliphatic rings. The zero-order valence-corrected chi connectivity index (χ0v) is 12.8. The van der Waals surface area contributed by atoms with Gasteiger partial charge in [-0.2, -0.15) is 0 Å². The van der Waals surface area contributed by atoms with Crippen molar-refractivity contribution in [1.29, 1.82) is 0 Å². The number of nitro groups is 1. The van der Waals surface area contributed by atoms with Gasteiger partial charge in [-0.1, -0.05) is 12.8 Å². The molecule has 2 aliphatic carbocycles. The summed E-state index contributed by atoms with van der Waals surface area (Å²) in [6.45, 7) is 2.27. The minimum absolute atomic E-state index is 0.144. The van der Waals surface area contributed by atoms with Crippen LogP contribution in [0.15, 0.2) is 12.1 Å². The highest BCUT2D eigenvalue weighted by molar-refractivity contribution is 5.72. The van der Waals surface area contributed by atoms with E-state index in [1.54, 1.807) is 0 Å². The fraction of sp³-hybridized carbons (Fsp3) is 0.667. The molecule has 0 bridgehead atoms. The topological polar surface area (TPSA) is 46.4 Å². The minimum atomic E-state index is -0.144. The molecule has 0 N–H and O–H groups in total. The van der Waals surface area contributed by atoms with Crippen molar-refractivity contribution in [2.75, 3.05) is 18.0 Å². The molecule has 4 unspecified atom stereocenters. The van der Waals surface area contributed by atoms with Gasteiger partial charge in [0, 0.05) is 19.2 Å². The molecule has 0 amide bonds. The lowest BCUT2D eigenvalue weighted by atomic mass is 9.75. The Morgan fingerprint density at radius 1 is 1.00 bits per heavy atom. The molecule has 4 heteroatoms. The Labute approximate surface area is 130 Å². The Morgan fingerprint density at radius 2 is 1.68 bits per heavy atom. The van der Waals surface area contributed by atoms with Crippen LogP contribution in [-0.4, -0.2) is 18.0 Å². The summed E-state index contributed by atoms with van der Waals surface area (Å²) in [5.41, 5.74) is 4.19. The van der Waals surface area contributed by atoms with Crippen LogP contribution in [0.1, 0.15) is 61.5 Å². The first-order chi connectivity index (χ1) is 10.7. The minimum Gasteiger partial charge on any atom is -0.370 e. The van der Waals surface area contributed by atoms with Gasteiger partial charge in [-0.3, -0.25) is 10.1 Å². The molecular formula is C18H22N2O2. The molecule has 0 saturated heterocycles. The summed E-state index contributed by atoms with van der Waals surface area (Å²) >= 11 is 0. The first-order valence-electron chi connectivity index (χ1n) is 8.80. The van der Waals surface area contributed by atoms with Crippen molar-refractivity contribution in [3.05, 3.63) is 33.4 Å². The largest absolute Gasteiger partial charge is 0.370 e. The molecule has 1 aromatic carbocycles. The van der Waals surface area contributed by atoms with E-state index in [0.717, 1.165) is 31.0 Å². The number of hydrogen-bond donors (Lipinski definition) is 0. The van der Waals surface area contributed by atoms with E-state index in [1.807, 2.05) is 6.07 Å². The molecule has 0 radical (unpaired) electrons. The molecule has 5 rings (SSSR count). The molecule has 2 heterocycles. The van der Waals surface area contributed by atoms with E-state index in [9.17, 15) is 10.1 Å². The van der Waals surface area contributed by atoms with E-state index >= 15 is 0 Å². The summed E-state index contributed by atoms with van der Waals surface area (Å²) in [7, 11) is 0. The van der Waals surface area contributed by atoms with Gasteiger partial charge in [-0.25, -0.2) is 0 Å². The second kappa shape index (κ2) is 4.46. The van der Waals surface area contributed by atoms with Gasteiger partial charge >= 0.3 is 0 Å². The highest BCUT2D eigenvalue weighted by Gasteiger charge is 2.46. The Hall–Kier alpha value is -1.58. The van der Waals surface area contributed by atoms with Gasteiger partial charge < -0.3 is 4.90 Å². The lowest BCUT2D eigenvalue weighted by Gasteiger charge is -2.45. The van der Waals surface area contributed by atoms with Gasteiger partial charge in [-0.05, 0) is 61.0 Å². The molecule has 22 heavy (non-hydrogen) atoms. The molecule has 2 aliphatic heterocycles. The third-order valence-electron chi connectivity index (χ3n) is 6.74. The van der Waals surface area contributed by atoms with Crippen molar-refractivity contribution in [1.82, 2.24) is 0 Å². The third-order valence-corrected chi connectivity index (χ3v) is 6.74. The first kappa shape index (κ1) is 12.9. The average Bonchev–Trinajstić information content (AvgIpc) is 3.15. The Kier molecular flexibility index (Phi) is 2.62. The van der Waals surface area contributed by atoms with Gasteiger partial charge in [-0.15, -0.1) is 0 Å². The summed E-state index contributed by atoms with van der Waals surface area (Å²) in [6, 6.07) is 3.90.